The fourth-order valence-corrected chi connectivity index (χ4v) is 3.83. The smallest absolute Gasteiger partial charge is 0.240 e. The number of nitrogens with one attached hydrogen (secondary N) is 3. The van der Waals surface area contributed by atoms with Crippen molar-refractivity contribution in [1.82, 2.24) is 24.5 Å². The number of sulfonamides is 1. The fourth-order valence-electron chi connectivity index (χ4n) is 2.80. The number of carbonyl (C=O) groups excluding carboxylic acids is 1. The third kappa shape index (κ3) is 5.39. The summed E-state index contributed by atoms with van der Waals surface area (Å²) in [5.74, 6) is 0.963. The van der Waals surface area contributed by atoms with E-state index in [4.69, 9.17) is 0 Å². The largest absolute Gasteiger partial charge is 0.369 e. The lowest BCUT2D eigenvalue weighted by molar-refractivity contribution is -0.114. The van der Waals surface area contributed by atoms with Gasteiger partial charge in [0, 0.05) is 37.5 Å². The van der Waals surface area contributed by atoms with E-state index in [1.165, 1.54) is 37.5 Å². The minimum absolute atomic E-state index is 0.116. The highest BCUT2D eigenvalue weighted by atomic mass is 32.2. The van der Waals surface area contributed by atoms with Gasteiger partial charge in [-0.25, -0.2) is 27.8 Å². The van der Waals surface area contributed by atoms with Crippen LogP contribution >= 0.6 is 0 Å². The van der Waals surface area contributed by atoms with Crippen LogP contribution in [-0.2, 0) is 14.8 Å². The summed E-state index contributed by atoms with van der Waals surface area (Å²) in [6, 6.07) is 9.64. The average Bonchev–Trinajstić information content (AvgIpc) is 3.03. The summed E-state index contributed by atoms with van der Waals surface area (Å²) in [7, 11) is -3.66. The quantitative estimate of drug-likeness (QED) is 0.464. The van der Waals surface area contributed by atoms with Gasteiger partial charge < -0.3 is 10.6 Å². The minimum Gasteiger partial charge on any atom is -0.369 e. The highest BCUT2D eigenvalue weighted by molar-refractivity contribution is 7.89. The number of carbonyl (C=O) groups is 1. The normalized spacial score (nSPS) is 11.3. The van der Waals surface area contributed by atoms with Gasteiger partial charge in [-0.15, -0.1) is 0 Å². The van der Waals surface area contributed by atoms with Crippen LogP contribution in [0.15, 0.2) is 47.6 Å². The monoisotopic (exact) mass is 429 g/mol. The van der Waals surface area contributed by atoms with Gasteiger partial charge in [-0.2, -0.15) is 5.10 Å². The molecule has 0 aliphatic heterocycles. The molecule has 1 aromatic carbocycles. The topological polar surface area (TPSA) is 131 Å². The molecule has 0 aliphatic rings. The predicted molar refractivity (Wildman–Crippen MR) is 113 cm³/mol. The van der Waals surface area contributed by atoms with Gasteiger partial charge in [0.1, 0.15) is 12.1 Å². The molecule has 1 amide bonds. The molecule has 0 spiro atoms. The summed E-state index contributed by atoms with van der Waals surface area (Å²) in [5.41, 5.74) is 2.37. The lowest BCUT2D eigenvalue weighted by Gasteiger charge is -2.10. The molecule has 3 rings (SSSR count). The van der Waals surface area contributed by atoms with Crippen molar-refractivity contribution in [3.8, 4) is 5.82 Å². The highest BCUT2D eigenvalue weighted by Gasteiger charge is 2.13. The van der Waals surface area contributed by atoms with E-state index in [0.717, 1.165) is 11.4 Å². The van der Waals surface area contributed by atoms with Crippen LogP contribution in [0.4, 0.5) is 11.5 Å². The molecule has 0 aliphatic carbocycles. The molecule has 0 saturated carbocycles. The fraction of sp³-hybridized carbons (Fsp3) is 0.263. The molecule has 2 heterocycles. The molecule has 11 heteroatoms. The molecule has 3 aromatic rings. The number of hydrogen-bond acceptors (Lipinski definition) is 7. The van der Waals surface area contributed by atoms with Gasteiger partial charge in [0.2, 0.25) is 15.9 Å². The molecular formula is C19H23N7O3S. The van der Waals surface area contributed by atoms with E-state index in [9.17, 15) is 13.2 Å². The van der Waals surface area contributed by atoms with Gasteiger partial charge in [0.25, 0.3) is 0 Å². The summed E-state index contributed by atoms with van der Waals surface area (Å²) in [4.78, 5) is 19.5. The Bertz CT molecular complexity index is 1140. The zero-order valence-corrected chi connectivity index (χ0v) is 17.7. The van der Waals surface area contributed by atoms with Crippen molar-refractivity contribution in [2.75, 3.05) is 23.7 Å². The third-order valence-electron chi connectivity index (χ3n) is 4.09. The maximum atomic E-state index is 12.4. The van der Waals surface area contributed by atoms with Crippen LogP contribution in [0, 0.1) is 13.8 Å². The van der Waals surface area contributed by atoms with Gasteiger partial charge in [-0.05, 0) is 44.2 Å². The predicted octanol–water partition coefficient (Wildman–Crippen LogP) is 1.63. The maximum Gasteiger partial charge on any atom is 0.240 e. The molecule has 10 nitrogen and oxygen atoms in total. The number of hydrogen-bond donors (Lipinski definition) is 3. The average molecular weight is 430 g/mol. The van der Waals surface area contributed by atoms with Gasteiger partial charge in [-0.1, -0.05) is 0 Å². The molecule has 3 N–H and O–H groups in total. The molecule has 158 valence electrons. The number of benzene rings is 1. The van der Waals surface area contributed by atoms with Crippen LogP contribution in [0.1, 0.15) is 18.3 Å². The number of rotatable bonds is 8. The number of aromatic nitrogens is 4. The zero-order valence-electron chi connectivity index (χ0n) is 16.9. The molecular weight excluding hydrogens is 406 g/mol. The van der Waals surface area contributed by atoms with E-state index in [1.54, 1.807) is 10.7 Å². The second kappa shape index (κ2) is 9.01. The minimum atomic E-state index is -3.66. The molecule has 0 atom stereocenters. The maximum absolute atomic E-state index is 12.4. The van der Waals surface area contributed by atoms with Crippen LogP contribution in [-0.4, -0.2) is 47.2 Å². The molecule has 0 radical (unpaired) electrons. The third-order valence-corrected chi connectivity index (χ3v) is 5.56. The summed E-state index contributed by atoms with van der Waals surface area (Å²) in [6.45, 7) is 5.72. The number of aryl methyl sites for hydroxylation is 2. The second-order valence-electron chi connectivity index (χ2n) is 6.63. The Kier molecular flexibility index (Phi) is 6.43. The molecule has 0 saturated heterocycles. The SMILES string of the molecule is CC(=O)Nc1ccc(S(=O)(=O)NCCNc2cc(-n3nc(C)cc3C)ncn2)cc1. The number of amides is 1. The van der Waals surface area contributed by atoms with Crippen molar-refractivity contribution in [3.63, 3.8) is 0 Å². The highest BCUT2D eigenvalue weighted by Crippen LogP contribution is 2.14. The second-order valence-corrected chi connectivity index (χ2v) is 8.40. The van der Waals surface area contributed by atoms with E-state index in [0.29, 0.717) is 23.9 Å². The Morgan fingerprint density at radius 3 is 2.43 bits per heavy atom. The summed E-state index contributed by atoms with van der Waals surface area (Å²) in [6.07, 6.45) is 1.43. The van der Waals surface area contributed by atoms with E-state index in [1.807, 2.05) is 19.9 Å². The first-order valence-corrected chi connectivity index (χ1v) is 10.7. The molecule has 0 unspecified atom stereocenters. The summed E-state index contributed by atoms with van der Waals surface area (Å²) in [5, 5.41) is 10.1. The van der Waals surface area contributed by atoms with Crippen molar-refractivity contribution in [2.24, 2.45) is 0 Å². The van der Waals surface area contributed by atoms with Crippen molar-refractivity contribution in [3.05, 3.63) is 54.1 Å². The van der Waals surface area contributed by atoms with E-state index >= 15 is 0 Å². The Hall–Kier alpha value is -3.31. The summed E-state index contributed by atoms with van der Waals surface area (Å²) < 4.78 is 29.0. The Morgan fingerprint density at radius 2 is 1.80 bits per heavy atom. The molecule has 0 fully saturated rings. The molecule has 2 aromatic heterocycles. The van der Waals surface area contributed by atoms with Crippen LogP contribution in [0.2, 0.25) is 0 Å². The van der Waals surface area contributed by atoms with E-state index < -0.39 is 10.0 Å². The lowest BCUT2D eigenvalue weighted by Crippen LogP contribution is -2.29. The standard InChI is InChI=1S/C19H23N7O3S/c1-13-10-14(2)26(25-13)19-11-18(21-12-22-19)20-8-9-23-30(28,29)17-6-4-16(5-7-17)24-15(3)27/h4-7,10-12,23H,8-9H2,1-3H3,(H,24,27)(H,20,21,22). The first-order chi connectivity index (χ1) is 14.2. The first-order valence-electron chi connectivity index (χ1n) is 9.21. The number of nitrogens with zero attached hydrogens (tertiary/aromatic N) is 4. The van der Waals surface area contributed by atoms with Crippen LogP contribution < -0.4 is 15.4 Å². The van der Waals surface area contributed by atoms with Crippen LogP contribution in [0.5, 0.6) is 0 Å². The zero-order chi connectivity index (χ0) is 21.7. The van der Waals surface area contributed by atoms with Crippen molar-refractivity contribution in [1.29, 1.82) is 0 Å². The van der Waals surface area contributed by atoms with Gasteiger partial charge in [0.05, 0.1) is 10.6 Å². The Morgan fingerprint density at radius 1 is 1.07 bits per heavy atom. The Labute approximate surface area is 174 Å². The summed E-state index contributed by atoms with van der Waals surface area (Å²) >= 11 is 0. The van der Waals surface area contributed by atoms with Crippen molar-refractivity contribution in [2.45, 2.75) is 25.7 Å². The Balaban J connectivity index is 1.56. The van der Waals surface area contributed by atoms with Crippen molar-refractivity contribution < 1.29 is 13.2 Å². The van der Waals surface area contributed by atoms with E-state index in [-0.39, 0.29) is 17.3 Å². The van der Waals surface area contributed by atoms with Crippen molar-refractivity contribution >= 4 is 27.4 Å². The van der Waals surface area contributed by atoms with Crippen LogP contribution in [0.3, 0.4) is 0 Å². The van der Waals surface area contributed by atoms with Gasteiger partial charge in [0.15, 0.2) is 5.82 Å². The van der Waals surface area contributed by atoms with Gasteiger partial charge >= 0.3 is 0 Å². The molecule has 0 bridgehead atoms. The lowest BCUT2D eigenvalue weighted by atomic mass is 10.3. The number of anilines is 2. The first kappa shape index (κ1) is 21.4. The van der Waals surface area contributed by atoms with Crippen LogP contribution in [0.25, 0.3) is 5.82 Å². The van der Waals surface area contributed by atoms with Gasteiger partial charge in [-0.3, -0.25) is 4.79 Å². The molecule has 30 heavy (non-hydrogen) atoms. The van der Waals surface area contributed by atoms with E-state index in [2.05, 4.69) is 30.4 Å².